The van der Waals surface area contributed by atoms with E-state index in [-0.39, 0.29) is 33.7 Å². The molecular formula is C18H16Cl2FNO5S. The summed E-state index contributed by atoms with van der Waals surface area (Å²) in [5.74, 6) is -1.38. The number of carbonyl (C=O) groups excluding carboxylic acids is 1. The quantitative estimate of drug-likeness (QED) is 0.655. The van der Waals surface area contributed by atoms with E-state index in [4.69, 9.17) is 32.7 Å². The molecule has 1 fully saturated rings. The van der Waals surface area contributed by atoms with E-state index in [0.29, 0.717) is 0 Å². The Labute approximate surface area is 171 Å². The van der Waals surface area contributed by atoms with Crippen molar-refractivity contribution in [2.24, 2.45) is 0 Å². The van der Waals surface area contributed by atoms with Gasteiger partial charge in [0, 0.05) is 6.42 Å². The number of ether oxygens (including phenoxy) is 2. The predicted molar refractivity (Wildman–Crippen MR) is 102 cm³/mol. The summed E-state index contributed by atoms with van der Waals surface area (Å²) in [6.07, 6.45) is -0.778. The zero-order valence-corrected chi connectivity index (χ0v) is 17.0. The van der Waals surface area contributed by atoms with E-state index in [1.54, 1.807) is 6.07 Å². The second kappa shape index (κ2) is 8.24. The standard InChI is InChI=1S/C18H16Cl2FNO5S/c1-26-18(23)15-9-11(27-16-8-3-2-7-14(16)21)10-22(15)28(24,25)17-12(19)5-4-6-13(17)20/h2-8,11,15H,9-10H2,1H3. The second-order valence-corrected chi connectivity index (χ2v) is 8.71. The molecule has 1 aliphatic heterocycles. The van der Waals surface area contributed by atoms with Gasteiger partial charge in [-0.2, -0.15) is 4.31 Å². The third-order valence-electron chi connectivity index (χ3n) is 4.31. The Bertz CT molecular complexity index is 981. The number of methoxy groups -OCH3 is 1. The van der Waals surface area contributed by atoms with E-state index in [9.17, 15) is 17.6 Å². The van der Waals surface area contributed by atoms with Gasteiger partial charge in [0.1, 0.15) is 17.0 Å². The molecule has 0 radical (unpaired) electrons. The third-order valence-corrected chi connectivity index (χ3v) is 7.14. The Morgan fingerprint density at radius 1 is 1.14 bits per heavy atom. The highest BCUT2D eigenvalue weighted by Gasteiger charge is 2.46. The highest BCUT2D eigenvalue weighted by Crippen LogP contribution is 2.36. The van der Waals surface area contributed by atoms with Crippen LogP contribution in [0, 0.1) is 5.82 Å². The van der Waals surface area contributed by atoms with Crippen molar-refractivity contribution in [3.63, 3.8) is 0 Å². The maximum Gasteiger partial charge on any atom is 0.324 e. The topological polar surface area (TPSA) is 72.9 Å². The van der Waals surface area contributed by atoms with Gasteiger partial charge >= 0.3 is 5.97 Å². The molecule has 0 spiro atoms. The highest BCUT2D eigenvalue weighted by atomic mass is 35.5. The zero-order chi connectivity index (χ0) is 20.5. The number of halogens is 3. The van der Waals surface area contributed by atoms with Crippen LogP contribution in [0.4, 0.5) is 4.39 Å². The minimum Gasteiger partial charge on any atom is -0.486 e. The Morgan fingerprint density at radius 2 is 1.79 bits per heavy atom. The second-order valence-electron chi connectivity index (χ2n) is 6.07. The van der Waals surface area contributed by atoms with E-state index in [1.165, 1.54) is 36.4 Å². The van der Waals surface area contributed by atoms with Crippen LogP contribution < -0.4 is 4.74 Å². The lowest BCUT2D eigenvalue weighted by Crippen LogP contribution is -2.41. The van der Waals surface area contributed by atoms with Gasteiger partial charge in [-0.1, -0.05) is 41.4 Å². The first kappa shape index (κ1) is 20.9. The number of benzene rings is 2. The van der Waals surface area contributed by atoms with Crippen LogP contribution in [-0.2, 0) is 19.6 Å². The van der Waals surface area contributed by atoms with Crippen LogP contribution >= 0.6 is 23.2 Å². The molecule has 1 heterocycles. The van der Waals surface area contributed by atoms with Crippen LogP contribution in [0.1, 0.15) is 6.42 Å². The monoisotopic (exact) mass is 447 g/mol. The maximum absolute atomic E-state index is 13.9. The minimum absolute atomic E-state index is 0.0116. The van der Waals surface area contributed by atoms with Gasteiger partial charge in [-0.15, -0.1) is 0 Å². The fourth-order valence-corrected chi connectivity index (χ4v) is 5.75. The maximum atomic E-state index is 13.9. The van der Waals surface area contributed by atoms with E-state index in [0.717, 1.165) is 11.4 Å². The Kier molecular flexibility index (Phi) is 6.14. The van der Waals surface area contributed by atoms with Gasteiger partial charge in [0.05, 0.1) is 23.7 Å². The molecule has 6 nitrogen and oxygen atoms in total. The first-order chi connectivity index (χ1) is 13.3. The van der Waals surface area contributed by atoms with Crippen molar-refractivity contribution in [3.8, 4) is 5.75 Å². The highest BCUT2D eigenvalue weighted by molar-refractivity contribution is 7.89. The van der Waals surface area contributed by atoms with Crippen LogP contribution in [0.3, 0.4) is 0 Å². The van der Waals surface area contributed by atoms with Crippen molar-refractivity contribution in [2.45, 2.75) is 23.5 Å². The molecule has 2 atom stereocenters. The fraction of sp³-hybridized carbons (Fsp3) is 0.278. The fourth-order valence-electron chi connectivity index (χ4n) is 3.04. The average Bonchev–Trinajstić information content (AvgIpc) is 3.07. The zero-order valence-electron chi connectivity index (χ0n) is 14.6. The average molecular weight is 448 g/mol. The predicted octanol–water partition coefficient (Wildman–Crippen LogP) is 3.52. The molecule has 2 unspecified atom stereocenters. The van der Waals surface area contributed by atoms with E-state index < -0.39 is 34.0 Å². The molecule has 0 aromatic heterocycles. The Hall–Kier alpha value is -1.87. The summed E-state index contributed by atoms with van der Waals surface area (Å²) in [7, 11) is -3.09. The van der Waals surface area contributed by atoms with Crippen molar-refractivity contribution in [1.82, 2.24) is 4.31 Å². The normalized spacial score (nSPS) is 20.1. The summed E-state index contributed by atoms with van der Waals surface area (Å²) in [6.45, 7) is -0.196. The molecule has 150 valence electrons. The van der Waals surface area contributed by atoms with Gasteiger partial charge in [-0.25, -0.2) is 12.8 Å². The van der Waals surface area contributed by atoms with Crippen LogP contribution in [0.5, 0.6) is 5.75 Å². The van der Waals surface area contributed by atoms with Gasteiger partial charge in [-0.05, 0) is 24.3 Å². The number of hydrogen-bond acceptors (Lipinski definition) is 5. The van der Waals surface area contributed by atoms with Gasteiger partial charge in [0.2, 0.25) is 10.0 Å². The van der Waals surface area contributed by atoms with Crippen molar-refractivity contribution in [2.75, 3.05) is 13.7 Å². The molecule has 0 aliphatic carbocycles. The summed E-state index contributed by atoms with van der Waals surface area (Å²) in [4.78, 5) is 11.9. The van der Waals surface area contributed by atoms with Crippen LogP contribution in [0.15, 0.2) is 47.4 Å². The number of carbonyl (C=O) groups is 1. The number of sulfonamides is 1. The molecule has 2 aromatic carbocycles. The number of hydrogen-bond donors (Lipinski definition) is 0. The molecule has 0 amide bonds. The van der Waals surface area contributed by atoms with E-state index in [2.05, 4.69) is 0 Å². The van der Waals surface area contributed by atoms with E-state index >= 15 is 0 Å². The Balaban J connectivity index is 1.96. The lowest BCUT2D eigenvalue weighted by molar-refractivity contribution is -0.144. The van der Waals surface area contributed by atoms with Crippen LogP contribution in [0.2, 0.25) is 10.0 Å². The number of nitrogens with zero attached hydrogens (tertiary/aromatic N) is 1. The molecule has 3 rings (SSSR count). The molecule has 28 heavy (non-hydrogen) atoms. The lowest BCUT2D eigenvalue weighted by Gasteiger charge is -2.22. The number of esters is 1. The summed E-state index contributed by atoms with van der Waals surface area (Å²) in [5.41, 5.74) is 0. The van der Waals surface area contributed by atoms with Gasteiger partial charge in [0.15, 0.2) is 11.6 Å². The van der Waals surface area contributed by atoms with Crippen molar-refractivity contribution < 1.29 is 27.1 Å². The molecule has 0 bridgehead atoms. The molecule has 2 aromatic rings. The first-order valence-electron chi connectivity index (χ1n) is 8.20. The molecule has 1 saturated heterocycles. The summed E-state index contributed by atoms with van der Waals surface area (Å²) >= 11 is 12.1. The summed E-state index contributed by atoms with van der Waals surface area (Å²) in [6, 6.07) is 8.86. The van der Waals surface area contributed by atoms with Crippen molar-refractivity contribution in [3.05, 3.63) is 58.3 Å². The van der Waals surface area contributed by atoms with Gasteiger partial charge < -0.3 is 9.47 Å². The molecule has 0 N–H and O–H groups in total. The minimum atomic E-state index is -4.24. The summed E-state index contributed by atoms with van der Waals surface area (Å²) < 4.78 is 51.5. The number of rotatable bonds is 5. The largest absolute Gasteiger partial charge is 0.486 e. The third kappa shape index (κ3) is 3.96. The molecular weight excluding hydrogens is 432 g/mol. The van der Waals surface area contributed by atoms with Gasteiger partial charge in [0.25, 0.3) is 0 Å². The first-order valence-corrected chi connectivity index (χ1v) is 10.4. The molecule has 10 heteroatoms. The number of para-hydroxylation sites is 1. The van der Waals surface area contributed by atoms with E-state index in [1.807, 2.05) is 0 Å². The van der Waals surface area contributed by atoms with Crippen LogP contribution in [-0.4, -0.2) is 44.5 Å². The van der Waals surface area contributed by atoms with Crippen molar-refractivity contribution in [1.29, 1.82) is 0 Å². The van der Waals surface area contributed by atoms with Crippen molar-refractivity contribution >= 4 is 39.2 Å². The Morgan fingerprint density at radius 3 is 2.39 bits per heavy atom. The lowest BCUT2D eigenvalue weighted by atomic mass is 10.2. The summed E-state index contributed by atoms with van der Waals surface area (Å²) in [5, 5.41) is -0.149. The smallest absolute Gasteiger partial charge is 0.324 e. The molecule has 0 saturated carbocycles. The molecule has 1 aliphatic rings. The van der Waals surface area contributed by atoms with Gasteiger partial charge in [-0.3, -0.25) is 4.79 Å². The SMILES string of the molecule is COC(=O)C1CC(Oc2ccccc2F)CN1S(=O)(=O)c1c(Cl)cccc1Cl. The van der Waals surface area contributed by atoms with Crippen LogP contribution in [0.25, 0.3) is 0 Å².